The Kier molecular flexibility index (Phi) is 6.84. The highest BCUT2D eigenvalue weighted by atomic mass is 32.2. The number of rotatable bonds is 8. The Bertz CT molecular complexity index is 536. The predicted octanol–water partition coefficient (Wildman–Crippen LogP) is 3.30. The van der Waals surface area contributed by atoms with Crippen LogP contribution >= 0.6 is 11.3 Å². The normalized spacial score (nSPS) is 14.3. The van der Waals surface area contributed by atoms with Gasteiger partial charge < -0.3 is 5.32 Å². The minimum absolute atomic E-state index is 0.00865. The SMILES string of the molecule is CC(C)CC(C)N(C)S(=O)(=O)c1cc(CNC(C)C)cs1. The number of nitrogens with zero attached hydrogens (tertiary/aromatic N) is 1. The van der Waals surface area contributed by atoms with E-state index in [4.69, 9.17) is 0 Å². The average molecular weight is 333 g/mol. The van der Waals surface area contributed by atoms with Crippen LogP contribution in [0, 0.1) is 5.92 Å². The molecule has 4 nitrogen and oxygen atoms in total. The molecule has 122 valence electrons. The lowest BCUT2D eigenvalue weighted by molar-refractivity contribution is 0.338. The molecule has 21 heavy (non-hydrogen) atoms. The van der Waals surface area contributed by atoms with Gasteiger partial charge in [0.2, 0.25) is 0 Å². The first-order valence-corrected chi connectivity index (χ1v) is 9.75. The van der Waals surface area contributed by atoms with Crippen LogP contribution in [0.2, 0.25) is 0 Å². The summed E-state index contributed by atoms with van der Waals surface area (Å²) in [7, 11) is -1.70. The summed E-state index contributed by atoms with van der Waals surface area (Å²) < 4.78 is 27.2. The summed E-state index contributed by atoms with van der Waals surface area (Å²) in [4.78, 5) is 0. The highest BCUT2D eigenvalue weighted by molar-refractivity contribution is 7.91. The van der Waals surface area contributed by atoms with E-state index in [1.165, 1.54) is 15.6 Å². The number of nitrogens with one attached hydrogen (secondary N) is 1. The van der Waals surface area contributed by atoms with Crippen LogP contribution in [0.4, 0.5) is 0 Å². The smallest absolute Gasteiger partial charge is 0.252 e. The molecule has 0 saturated heterocycles. The molecule has 1 aromatic rings. The van der Waals surface area contributed by atoms with Gasteiger partial charge in [-0.15, -0.1) is 11.3 Å². The summed E-state index contributed by atoms with van der Waals surface area (Å²) >= 11 is 1.30. The largest absolute Gasteiger partial charge is 0.310 e. The Labute approximate surface area is 133 Å². The van der Waals surface area contributed by atoms with E-state index in [1.807, 2.05) is 12.3 Å². The number of hydrogen-bond acceptors (Lipinski definition) is 4. The molecule has 1 aromatic heterocycles. The van der Waals surface area contributed by atoms with E-state index < -0.39 is 10.0 Å². The second-order valence-corrected chi connectivity index (χ2v) is 9.44. The van der Waals surface area contributed by atoms with E-state index in [0.29, 0.717) is 22.7 Å². The van der Waals surface area contributed by atoms with Gasteiger partial charge in [0.15, 0.2) is 0 Å². The van der Waals surface area contributed by atoms with Crippen LogP contribution < -0.4 is 5.32 Å². The van der Waals surface area contributed by atoms with Crippen molar-refractivity contribution in [2.45, 2.75) is 63.9 Å². The molecule has 1 N–H and O–H groups in total. The van der Waals surface area contributed by atoms with Crippen molar-refractivity contribution in [1.82, 2.24) is 9.62 Å². The highest BCUT2D eigenvalue weighted by Crippen LogP contribution is 2.25. The van der Waals surface area contributed by atoms with Gasteiger partial charge in [0.1, 0.15) is 4.21 Å². The van der Waals surface area contributed by atoms with Gasteiger partial charge in [-0.1, -0.05) is 27.7 Å². The summed E-state index contributed by atoms with van der Waals surface area (Å²) in [6.45, 7) is 11.0. The van der Waals surface area contributed by atoms with Gasteiger partial charge in [-0.25, -0.2) is 8.42 Å². The molecule has 0 amide bonds. The zero-order chi connectivity index (χ0) is 16.2. The van der Waals surface area contributed by atoms with Crippen molar-refractivity contribution in [1.29, 1.82) is 0 Å². The molecule has 0 fully saturated rings. The molecule has 6 heteroatoms. The third-order valence-corrected chi connectivity index (χ3v) is 6.85. The number of thiophene rings is 1. The standard InChI is InChI=1S/C15H28N2O2S2/c1-11(2)7-13(5)17(6)21(18,19)15-8-14(10-20-15)9-16-12(3)4/h8,10-13,16H,7,9H2,1-6H3. The van der Waals surface area contributed by atoms with Crippen molar-refractivity contribution in [3.8, 4) is 0 Å². The van der Waals surface area contributed by atoms with Crippen LogP contribution in [0.3, 0.4) is 0 Å². The molecule has 0 spiro atoms. The topological polar surface area (TPSA) is 49.4 Å². The lowest BCUT2D eigenvalue weighted by atomic mass is 10.1. The molecule has 1 rings (SSSR count). The van der Waals surface area contributed by atoms with E-state index in [9.17, 15) is 8.42 Å². The van der Waals surface area contributed by atoms with Gasteiger partial charge in [0.05, 0.1) is 0 Å². The maximum Gasteiger partial charge on any atom is 0.252 e. The Morgan fingerprint density at radius 2 is 1.86 bits per heavy atom. The van der Waals surface area contributed by atoms with E-state index in [-0.39, 0.29) is 6.04 Å². The fourth-order valence-electron chi connectivity index (χ4n) is 2.11. The van der Waals surface area contributed by atoms with Crippen molar-refractivity contribution in [2.75, 3.05) is 7.05 Å². The zero-order valence-electron chi connectivity index (χ0n) is 13.9. The molecule has 0 saturated carbocycles. The maximum atomic E-state index is 12.6. The van der Waals surface area contributed by atoms with Crippen LogP contribution in [-0.2, 0) is 16.6 Å². The molecule has 0 aliphatic heterocycles. The molecular formula is C15H28N2O2S2. The molecule has 0 aliphatic rings. The van der Waals surface area contributed by atoms with Gasteiger partial charge in [-0.2, -0.15) is 4.31 Å². The lowest BCUT2D eigenvalue weighted by Crippen LogP contribution is -2.35. The number of hydrogen-bond donors (Lipinski definition) is 1. The Morgan fingerprint density at radius 1 is 1.24 bits per heavy atom. The minimum Gasteiger partial charge on any atom is -0.310 e. The van der Waals surface area contributed by atoms with Crippen molar-refractivity contribution in [3.05, 3.63) is 17.0 Å². The van der Waals surface area contributed by atoms with E-state index in [2.05, 4.69) is 33.0 Å². The summed E-state index contributed by atoms with van der Waals surface area (Å²) in [5.74, 6) is 0.479. The zero-order valence-corrected chi connectivity index (χ0v) is 15.5. The molecule has 1 unspecified atom stereocenters. The van der Waals surface area contributed by atoms with Gasteiger partial charge in [-0.05, 0) is 36.3 Å². The predicted molar refractivity (Wildman–Crippen MR) is 90.2 cm³/mol. The molecule has 1 heterocycles. The minimum atomic E-state index is -3.38. The molecule has 1 atom stereocenters. The van der Waals surface area contributed by atoms with Crippen molar-refractivity contribution < 1.29 is 8.42 Å². The first-order valence-electron chi connectivity index (χ1n) is 7.43. The van der Waals surface area contributed by atoms with Crippen LogP contribution in [0.5, 0.6) is 0 Å². The lowest BCUT2D eigenvalue weighted by Gasteiger charge is -2.24. The molecule has 0 bridgehead atoms. The molecule has 0 radical (unpaired) electrons. The number of sulfonamides is 1. The van der Waals surface area contributed by atoms with Crippen LogP contribution in [0.15, 0.2) is 15.7 Å². The Balaban J connectivity index is 2.82. The summed E-state index contributed by atoms with van der Waals surface area (Å²) in [5.41, 5.74) is 1.03. The summed E-state index contributed by atoms with van der Waals surface area (Å²) in [5, 5.41) is 5.22. The summed E-state index contributed by atoms with van der Waals surface area (Å²) in [6.07, 6.45) is 0.864. The Hall–Kier alpha value is -0.430. The van der Waals surface area contributed by atoms with Crippen LogP contribution in [-0.4, -0.2) is 31.9 Å². The first kappa shape index (κ1) is 18.6. The van der Waals surface area contributed by atoms with Gasteiger partial charge in [0.25, 0.3) is 10.0 Å². The van der Waals surface area contributed by atoms with Gasteiger partial charge in [-0.3, -0.25) is 0 Å². The molecule has 0 aliphatic carbocycles. The third-order valence-electron chi connectivity index (χ3n) is 3.41. The molecule has 0 aromatic carbocycles. The van der Waals surface area contributed by atoms with E-state index >= 15 is 0 Å². The van der Waals surface area contributed by atoms with Crippen LogP contribution in [0.1, 0.15) is 46.6 Å². The summed E-state index contributed by atoms with van der Waals surface area (Å²) in [6, 6.07) is 2.18. The maximum absolute atomic E-state index is 12.6. The third kappa shape index (κ3) is 5.36. The quantitative estimate of drug-likeness (QED) is 0.794. The van der Waals surface area contributed by atoms with E-state index in [1.54, 1.807) is 13.1 Å². The second kappa shape index (κ2) is 7.72. The highest BCUT2D eigenvalue weighted by Gasteiger charge is 2.27. The fourth-order valence-corrected chi connectivity index (χ4v) is 4.88. The van der Waals surface area contributed by atoms with Crippen molar-refractivity contribution in [3.63, 3.8) is 0 Å². The second-order valence-electron chi connectivity index (χ2n) is 6.31. The van der Waals surface area contributed by atoms with Crippen molar-refractivity contribution >= 4 is 21.4 Å². The first-order chi connectivity index (χ1) is 9.64. The Morgan fingerprint density at radius 3 is 2.38 bits per heavy atom. The van der Waals surface area contributed by atoms with E-state index in [0.717, 1.165) is 12.0 Å². The fraction of sp³-hybridized carbons (Fsp3) is 0.733. The van der Waals surface area contributed by atoms with Gasteiger partial charge in [0, 0.05) is 25.7 Å². The van der Waals surface area contributed by atoms with Crippen LogP contribution in [0.25, 0.3) is 0 Å². The van der Waals surface area contributed by atoms with Gasteiger partial charge >= 0.3 is 0 Å². The monoisotopic (exact) mass is 332 g/mol. The molecular weight excluding hydrogens is 304 g/mol. The average Bonchev–Trinajstić information content (AvgIpc) is 2.83. The van der Waals surface area contributed by atoms with Crippen molar-refractivity contribution in [2.24, 2.45) is 5.92 Å².